The summed E-state index contributed by atoms with van der Waals surface area (Å²) >= 11 is 5.16. The minimum Gasteiger partial charge on any atom is -0.192 e. The summed E-state index contributed by atoms with van der Waals surface area (Å²) in [6.45, 7) is 0. The molecule has 0 unspecified atom stereocenters. The molecule has 46 valence electrons. The van der Waals surface area contributed by atoms with Crippen molar-refractivity contribution in [2.24, 2.45) is 0 Å². The summed E-state index contributed by atoms with van der Waals surface area (Å²) < 4.78 is 0.472. The Morgan fingerprint density at radius 3 is 2.00 bits per heavy atom. The van der Waals surface area contributed by atoms with Crippen molar-refractivity contribution in [3.63, 3.8) is 0 Å². The molecule has 0 N–H and O–H groups in total. The Morgan fingerprint density at radius 2 is 1.89 bits per heavy atom. The SMILES string of the molecule is CSC(S)=C(C#N)C#N. The van der Waals surface area contributed by atoms with Crippen molar-refractivity contribution in [1.82, 2.24) is 0 Å². The highest BCUT2D eigenvalue weighted by Crippen LogP contribution is 2.19. The van der Waals surface area contributed by atoms with Gasteiger partial charge in [0.05, 0.1) is 4.24 Å². The van der Waals surface area contributed by atoms with Gasteiger partial charge in [-0.1, -0.05) is 0 Å². The van der Waals surface area contributed by atoms with Gasteiger partial charge in [-0.2, -0.15) is 10.5 Å². The fraction of sp³-hybridized carbons (Fsp3) is 0.200. The fourth-order valence-corrected chi connectivity index (χ4v) is 0.618. The molecule has 0 amide bonds. The third-order valence-corrected chi connectivity index (χ3v) is 1.99. The predicted octanol–water partition coefficient (Wildman–Crippen LogP) is 1.54. The average molecular weight is 156 g/mol. The summed E-state index contributed by atoms with van der Waals surface area (Å²) in [7, 11) is 0. The van der Waals surface area contributed by atoms with E-state index in [9.17, 15) is 0 Å². The maximum Gasteiger partial charge on any atom is 0.149 e. The second-order valence-corrected chi connectivity index (χ2v) is 2.67. The first-order valence-electron chi connectivity index (χ1n) is 2.03. The van der Waals surface area contributed by atoms with Crippen LogP contribution in [-0.2, 0) is 0 Å². The smallest absolute Gasteiger partial charge is 0.149 e. The number of hydrogen-bond acceptors (Lipinski definition) is 4. The topological polar surface area (TPSA) is 47.6 Å². The van der Waals surface area contributed by atoms with E-state index < -0.39 is 0 Å². The molecule has 4 heteroatoms. The third kappa shape index (κ3) is 2.46. The van der Waals surface area contributed by atoms with E-state index in [0.717, 1.165) is 0 Å². The van der Waals surface area contributed by atoms with Gasteiger partial charge in [-0.25, -0.2) is 0 Å². The van der Waals surface area contributed by atoms with Gasteiger partial charge < -0.3 is 0 Å². The molecule has 0 aromatic rings. The molecule has 2 nitrogen and oxygen atoms in total. The normalized spacial score (nSPS) is 7.11. The molecule has 0 saturated carbocycles. The largest absolute Gasteiger partial charge is 0.192 e. The number of nitrogens with zero attached hydrogens (tertiary/aromatic N) is 2. The molecule has 9 heavy (non-hydrogen) atoms. The van der Waals surface area contributed by atoms with Crippen LogP contribution in [-0.4, -0.2) is 6.26 Å². The Morgan fingerprint density at radius 1 is 1.44 bits per heavy atom. The lowest BCUT2D eigenvalue weighted by molar-refractivity contribution is 1.47. The summed E-state index contributed by atoms with van der Waals surface area (Å²) in [5, 5.41) is 16.5. The highest BCUT2D eigenvalue weighted by atomic mass is 32.2. The van der Waals surface area contributed by atoms with Crippen LogP contribution in [0, 0.1) is 22.7 Å². The summed E-state index contributed by atoms with van der Waals surface area (Å²) in [5.41, 5.74) is 0.0748. The monoisotopic (exact) mass is 156 g/mol. The number of hydrogen-bond donors (Lipinski definition) is 1. The lowest BCUT2D eigenvalue weighted by Gasteiger charge is -1.88. The number of thiol groups is 1. The maximum absolute atomic E-state index is 8.23. The average Bonchev–Trinajstić information content (AvgIpc) is 1.90. The minimum atomic E-state index is 0.0748. The number of rotatable bonds is 1. The van der Waals surface area contributed by atoms with Crippen LogP contribution < -0.4 is 0 Å². The van der Waals surface area contributed by atoms with Gasteiger partial charge in [0.25, 0.3) is 0 Å². The molecular weight excluding hydrogens is 152 g/mol. The Kier molecular flexibility index (Phi) is 4.04. The van der Waals surface area contributed by atoms with Crippen LogP contribution in [0.15, 0.2) is 9.81 Å². The highest BCUT2D eigenvalue weighted by Gasteiger charge is 1.97. The molecule has 0 aliphatic rings. The quantitative estimate of drug-likeness (QED) is 0.462. The summed E-state index contributed by atoms with van der Waals surface area (Å²) in [4.78, 5) is 0. The Bertz CT molecular complexity index is 190. The first-order chi connectivity index (χ1) is 4.26. The van der Waals surface area contributed by atoms with E-state index in [0.29, 0.717) is 4.24 Å². The molecule has 0 rings (SSSR count). The number of nitriles is 2. The van der Waals surface area contributed by atoms with Crippen molar-refractivity contribution >= 4 is 24.4 Å². The molecule has 0 aliphatic carbocycles. The van der Waals surface area contributed by atoms with E-state index in [1.54, 1.807) is 18.4 Å². The fourth-order valence-electron chi connectivity index (χ4n) is 0.223. The second kappa shape index (κ2) is 4.31. The van der Waals surface area contributed by atoms with E-state index in [2.05, 4.69) is 12.6 Å². The van der Waals surface area contributed by atoms with Gasteiger partial charge in [-0.3, -0.25) is 0 Å². The van der Waals surface area contributed by atoms with Gasteiger partial charge in [-0.05, 0) is 6.26 Å². The lowest BCUT2D eigenvalue weighted by atomic mass is 10.4. The van der Waals surface area contributed by atoms with Gasteiger partial charge in [-0.15, -0.1) is 24.4 Å². The Hall–Kier alpha value is -0.580. The summed E-state index contributed by atoms with van der Waals surface area (Å²) in [6, 6.07) is 3.45. The molecule has 0 fully saturated rings. The van der Waals surface area contributed by atoms with Crippen molar-refractivity contribution in [1.29, 1.82) is 10.5 Å². The van der Waals surface area contributed by atoms with E-state index >= 15 is 0 Å². The summed E-state index contributed by atoms with van der Waals surface area (Å²) in [6.07, 6.45) is 1.76. The molecule has 0 bridgehead atoms. The first kappa shape index (κ1) is 8.42. The summed E-state index contributed by atoms with van der Waals surface area (Å²) in [5.74, 6) is 0. The van der Waals surface area contributed by atoms with Crippen molar-refractivity contribution < 1.29 is 0 Å². The molecular formula is C5H4N2S2. The van der Waals surface area contributed by atoms with Crippen molar-refractivity contribution in [2.45, 2.75) is 0 Å². The van der Waals surface area contributed by atoms with Crippen LogP contribution in [0.25, 0.3) is 0 Å². The molecule has 0 atom stereocenters. The van der Waals surface area contributed by atoms with Crippen molar-refractivity contribution in [2.75, 3.05) is 6.26 Å². The van der Waals surface area contributed by atoms with E-state index in [-0.39, 0.29) is 5.57 Å². The van der Waals surface area contributed by atoms with E-state index in [1.165, 1.54) is 11.8 Å². The molecule has 0 heterocycles. The number of thioether (sulfide) groups is 1. The Labute approximate surface area is 63.6 Å². The van der Waals surface area contributed by atoms with Crippen LogP contribution in [0.3, 0.4) is 0 Å². The van der Waals surface area contributed by atoms with E-state index in [4.69, 9.17) is 10.5 Å². The number of allylic oxidation sites excluding steroid dienone is 1. The van der Waals surface area contributed by atoms with E-state index in [1.807, 2.05) is 0 Å². The first-order valence-corrected chi connectivity index (χ1v) is 3.71. The van der Waals surface area contributed by atoms with Crippen LogP contribution >= 0.6 is 24.4 Å². The van der Waals surface area contributed by atoms with Gasteiger partial charge in [0.15, 0.2) is 0 Å². The standard InChI is InChI=1S/C5H4N2S2/c1-9-5(8)4(2-6)3-7/h8H,1H3. The zero-order valence-corrected chi connectivity index (χ0v) is 6.46. The molecule has 0 radical (unpaired) electrons. The van der Waals surface area contributed by atoms with Gasteiger partial charge in [0, 0.05) is 0 Å². The van der Waals surface area contributed by atoms with Gasteiger partial charge in [0.2, 0.25) is 0 Å². The molecule has 0 aromatic carbocycles. The van der Waals surface area contributed by atoms with Crippen LogP contribution in [0.5, 0.6) is 0 Å². The second-order valence-electron chi connectivity index (χ2n) is 1.11. The van der Waals surface area contributed by atoms with Crippen LogP contribution in [0.4, 0.5) is 0 Å². The van der Waals surface area contributed by atoms with Crippen molar-refractivity contribution in [3.8, 4) is 12.1 Å². The van der Waals surface area contributed by atoms with Crippen LogP contribution in [0.2, 0.25) is 0 Å². The molecule has 0 aromatic heterocycles. The molecule has 0 spiro atoms. The zero-order valence-electron chi connectivity index (χ0n) is 4.75. The molecule has 0 aliphatic heterocycles. The lowest BCUT2D eigenvalue weighted by Crippen LogP contribution is -1.72. The van der Waals surface area contributed by atoms with Gasteiger partial charge in [0.1, 0.15) is 17.7 Å². The van der Waals surface area contributed by atoms with Gasteiger partial charge >= 0.3 is 0 Å². The predicted molar refractivity (Wildman–Crippen MR) is 40.8 cm³/mol. The minimum absolute atomic E-state index is 0.0748. The maximum atomic E-state index is 8.23. The van der Waals surface area contributed by atoms with Crippen molar-refractivity contribution in [3.05, 3.63) is 9.81 Å². The Balaban J connectivity index is 4.49. The van der Waals surface area contributed by atoms with Crippen LogP contribution in [0.1, 0.15) is 0 Å². The zero-order chi connectivity index (χ0) is 7.28. The third-order valence-electron chi connectivity index (χ3n) is 0.631. The highest BCUT2D eigenvalue weighted by molar-refractivity contribution is 8.15. The molecule has 0 saturated heterocycles.